The molecule has 0 saturated heterocycles. The number of nitrogens with two attached hydrogens (primary N) is 1. The molecule has 0 atom stereocenters. The first-order chi connectivity index (χ1) is 10.6. The number of hydrogen-bond acceptors (Lipinski definition) is 4. The lowest BCUT2D eigenvalue weighted by atomic mass is 10.3. The molecule has 4 N–H and O–H groups in total. The van der Waals surface area contributed by atoms with Gasteiger partial charge in [0.05, 0.1) is 0 Å². The Labute approximate surface area is 131 Å². The first-order valence-electron chi connectivity index (χ1n) is 6.99. The summed E-state index contributed by atoms with van der Waals surface area (Å²) in [6, 6.07) is 19.5. The van der Waals surface area contributed by atoms with Gasteiger partial charge in [-0.1, -0.05) is 43.0 Å². The van der Waals surface area contributed by atoms with Crippen molar-refractivity contribution in [3.63, 3.8) is 0 Å². The van der Waals surface area contributed by atoms with Gasteiger partial charge < -0.3 is 16.4 Å². The fourth-order valence-electron chi connectivity index (χ4n) is 1.91. The summed E-state index contributed by atoms with van der Waals surface area (Å²) in [6.45, 7) is 5.76. The molecule has 112 valence electrons. The number of rotatable bonds is 6. The van der Waals surface area contributed by atoms with Gasteiger partial charge in [-0.25, -0.2) is 4.99 Å². The van der Waals surface area contributed by atoms with E-state index >= 15 is 0 Å². The predicted octanol–water partition coefficient (Wildman–Crippen LogP) is 3.94. The third-order valence-electron chi connectivity index (χ3n) is 2.80. The van der Waals surface area contributed by atoms with E-state index in [0.29, 0.717) is 11.6 Å². The second-order valence-electron chi connectivity index (χ2n) is 4.78. The minimum atomic E-state index is 0.528. The maximum Gasteiger partial charge on any atom is 0.123 e. The summed E-state index contributed by atoms with van der Waals surface area (Å²) < 4.78 is 0. The Balaban J connectivity index is 1.96. The number of nitrogens with one attached hydrogen (secondary N) is 2. The number of allylic oxidation sites excluding steroid dienone is 1. The minimum absolute atomic E-state index is 0.528. The SMILES string of the molecule is C=C(/N=C(C)\C=C(/N)Nc1ccccc1)Nc1ccccc1. The molecule has 2 rings (SSSR count). The largest absolute Gasteiger partial charge is 0.385 e. The van der Waals surface area contributed by atoms with Crippen LogP contribution in [0.5, 0.6) is 0 Å². The number of nitrogens with zero attached hydrogens (tertiary/aromatic N) is 1. The zero-order chi connectivity index (χ0) is 15.8. The molecule has 0 aromatic heterocycles. The quantitative estimate of drug-likeness (QED) is 0.707. The molecule has 0 radical (unpaired) electrons. The lowest BCUT2D eigenvalue weighted by molar-refractivity contribution is 1.29. The molecular formula is C18H20N4. The fourth-order valence-corrected chi connectivity index (χ4v) is 1.91. The number of para-hydroxylation sites is 2. The molecule has 0 aliphatic rings. The second-order valence-corrected chi connectivity index (χ2v) is 4.78. The molecule has 2 aromatic rings. The monoisotopic (exact) mass is 292 g/mol. The number of benzene rings is 2. The van der Waals surface area contributed by atoms with Crippen molar-refractivity contribution in [1.82, 2.24) is 0 Å². The topological polar surface area (TPSA) is 62.4 Å². The minimum Gasteiger partial charge on any atom is -0.385 e. The lowest BCUT2D eigenvalue weighted by Crippen LogP contribution is -2.11. The van der Waals surface area contributed by atoms with Crippen molar-refractivity contribution in [2.45, 2.75) is 6.92 Å². The number of anilines is 2. The number of hydrogen-bond donors (Lipinski definition) is 3. The van der Waals surface area contributed by atoms with Crippen LogP contribution in [-0.2, 0) is 0 Å². The Kier molecular flexibility index (Phi) is 5.37. The fraction of sp³-hybridized carbons (Fsp3) is 0.0556. The molecule has 0 unspecified atom stereocenters. The summed E-state index contributed by atoms with van der Waals surface area (Å²) in [6.07, 6.45) is 1.77. The van der Waals surface area contributed by atoms with Gasteiger partial charge in [0.25, 0.3) is 0 Å². The lowest BCUT2D eigenvalue weighted by Gasteiger charge is -2.07. The molecule has 0 amide bonds. The second kappa shape index (κ2) is 7.69. The van der Waals surface area contributed by atoms with Crippen molar-refractivity contribution < 1.29 is 0 Å². The van der Waals surface area contributed by atoms with Gasteiger partial charge in [0.15, 0.2) is 0 Å². The highest BCUT2D eigenvalue weighted by Gasteiger charge is 1.96. The van der Waals surface area contributed by atoms with E-state index in [1.165, 1.54) is 0 Å². The highest BCUT2D eigenvalue weighted by Crippen LogP contribution is 2.09. The summed E-state index contributed by atoms with van der Waals surface area (Å²) in [5, 5.41) is 6.23. The molecule has 4 nitrogen and oxygen atoms in total. The Morgan fingerprint density at radius 3 is 2.00 bits per heavy atom. The molecule has 0 heterocycles. The van der Waals surface area contributed by atoms with Crippen molar-refractivity contribution in [2.24, 2.45) is 10.7 Å². The van der Waals surface area contributed by atoms with Gasteiger partial charge in [0, 0.05) is 17.1 Å². The van der Waals surface area contributed by atoms with Crippen LogP contribution in [0.4, 0.5) is 11.4 Å². The third kappa shape index (κ3) is 5.17. The first kappa shape index (κ1) is 15.4. The molecular weight excluding hydrogens is 272 g/mol. The van der Waals surface area contributed by atoms with Gasteiger partial charge in [-0.05, 0) is 37.3 Å². The summed E-state index contributed by atoms with van der Waals surface area (Å²) in [4.78, 5) is 4.37. The van der Waals surface area contributed by atoms with Gasteiger partial charge in [0.1, 0.15) is 11.6 Å². The van der Waals surface area contributed by atoms with Gasteiger partial charge >= 0.3 is 0 Å². The molecule has 0 aliphatic carbocycles. The standard InChI is InChI=1S/C18H20N4/c1-14(13-18(19)22-17-11-7-4-8-12-17)20-15(2)21-16-9-5-3-6-10-16/h3-13,21-22H,2,19H2,1H3/b18-13+,20-14-. The maximum absolute atomic E-state index is 5.95. The van der Waals surface area contributed by atoms with E-state index in [1.54, 1.807) is 6.08 Å². The van der Waals surface area contributed by atoms with Crippen molar-refractivity contribution in [3.05, 3.63) is 85.0 Å². The van der Waals surface area contributed by atoms with Gasteiger partial charge in [0.2, 0.25) is 0 Å². The summed E-state index contributed by atoms with van der Waals surface area (Å²) in [5.41, 5.74) is 8.60. The maximum atomic E-state index is 5.95. The van der Waals surface area contributed by atoms with Crippen molar-refractivity contribution in [3.8, 4) is 0 Å². The van der Waals surface area contributed by atoms with E-state index in [2.05, 4.69) is 22.2 Å². The van der Waals surface area contributed by atoms with Crippen LogP contribution in [0.25, 0.3) is 0 Å². The summed E-state index contributed by atoms with van der Waals surface area (Å²) in [5.74, 6) is 1.09. The van der Waals surface area contributed by atoms with E-state index in [4.69, 9.17) is 5.73 Å². The van der Waals surface area contributed by atoms with Crippen LogP contribution in [-0.4, -0.2) is 5.71 Å². The average molecular weight is 292 g/mol. The Morgan fingerprint density at radius 2 is 1.45 bits per heavy atom. The molecule has 4 heteroatoms. The van der Waals surface area contributed by atoms with Crippen LogP contribution in [0.3, 0.4) is 0 Å². The van der Waals surface area contributed by atoms with E-state index in [0.717, 1.165) is 17.1 Å². The highest BCUT2D eigenvalue weighted by molar-refractivity contribution is 5.94. The van der Waals surface area contributed by atoms with Crippen LogP contribution < -0.4 is 16.4 Å². The molecule has 0 bridgehead atoms. The zero-order valence-electron chi connectivity index (χ0n) is 12.6. The molecule has 22 heavy (non-hydrogen) atoms. The van der Waals surface area contributed by atoms with E-state index in [9.17, 15) is 0 Å². The average Bonchev–Trinajstić information content (AvgIpc) is 2.48. The van der Waals surface area contributed by atoms with E-state index in [-0.39, 0.29) is 0 Å². The van der Waals surface area contributed by atoms with Crippen molar-refractivity contribution in [2.75, 3.05) is 10.6 Å². The van der Waals surface area contributed by atoms with Crippen LogP contribution >= 0.6 is 0 Å². The van der Waals surface area contributed by atoms with Crippen LogP contribution in [0, 0.1) is 0 Å². The van der Waals surface area contributed by atoms with Gasteiger partial charge in [-0.3, -0.25) is 0 Å². The van der Waals surface area contributed by atoms with Crippen molar-refractivity contribution in [1.29, 1.82) is 0 Å². The zero-order valence-corrected chi connectivity index (χ0v) is 12.6. The Morgan fingerprint density at radius 1 is 0.955 bits per heavy atom. The molecule has 0 saturated carbocycles. The smallest absolute Gasteiger partial charge is 0.123 e. The highest BCUT2D eigenvalue weighted by atomic mass is 15.0. The Hall–Kier alpha value is -3.01. The molecule has 0 spiro atoms. The molecule has 2 aromatic carbocycles. The Bertz CT molecular complexity index is 673. The van der Waals surface area contributed by atoms with Gasteiger partial charge in [-0.15, -0.1) is 0 Å². The van der Waals surface area contributed by atoms with Gasteiger partial charge in [-0.2, -0.15) is 0 Å². The predicted molar refractivity (Wildman–Crippen MR) is 94.6 cm³/mol. The number of aliphatic imine (C=N–C) groups is 1. The van der Waals surface area contributed by atoms with Crippen LogP contribution in [0.1, 0.15) is 6.92 Å². The van der Waals surface area contributed by atoms with Crippen LogP contribution in [0.15, 0.2) is 90.0 Å². The van der Waals surface area contributed by atoms with Crippen LogP contribution in [0.2, 0.25) is 0 Å². The van der Waals surface area contributed by atoms with Crippen molar-refractivity contribution >= 4 is 17.1 Å². The normalized spacial score (nSPS) is 11.9. The molecule has 0 fully saturated rings. The summed E-state index contributed by atoms with van der Waals surface area (Å²) >= 11 is 0. The first-order valence-corrected chi connectivity index (χ1v) is 6.99. The van der Waals surface area contributed by atoms with E-state index < -0.39 is 0 Å². The summed E-state index contributed by atoms with van der Waals surface area (Å²) in [7, 11) is 0. The van der Waals surface area contributed by atoms with E-state index in [1.807, 2.05) is 67.6 Å². The molecule has 0 aliphatic heterocycles. The third-order valence-corrected chi connectivity index (χ3v) is 2.80.